The third kappa shape index (κ3) is 3.12. The van der Waals surface area contributed by atoms with Gasteiger partial charge in [-0.2, -0.15) is 5.26 Å². The first kappa shape index (κ1) is 13.1. The molecule has 2 aromatic rings. The lowest BCUT2D eigenvalue weighted by Crippen LogP contribution is -1.87. The molecule has 90 valence electrons. The van der Waals surface area contributed by atoms with Gasteiger partial charge in [0.2, 0.25) is 0 Å². The van der Waals surface area contributed by atoms with Gasteiger partial charge in [-0.1, -0.05) is 28.1 Å². The second kappa shape index (κ2) is 6.03. The van der Waals surface area contributed by atoms with Crippen LogP contribution in [-0.4, -0.2) is 0 Å². The molecule has 2 aromatic carbocycles. The van der Waals surface area contributed by atoms with Crippen molar-refractivity contribution in [1.29, 1.82) is 5.26 Å². The lowest BCUT2D eigenvalue weighted by Gasteiger charge is -2.08. The highest BCUT2D eigenvalue weighted by atomic mass is 79.9. The van der Waals surface area contributed by atoms with Crippen molar-refractivity contribution >= 4 is 31.9 Å². The topological polar surface area (TPSA) is 33.0 Å². The molecule has 0 aliphatic rings. The predicted molar refractivity (Wildman–Crippen MR) is 78.0 cm³/mol. The van der Waals surface area contributed by atoms with Gasteiger partial charge in [-0.3, -0.25) is 0 Å². The van der Waals surface area contributed by atoms with E-state index in [9.17, 15) is 0 Å². The Balaban J connectivity index is 2.26. The van der Waals surface area contributed by atoms with Crippen molar-refractivity contribution in [2.75, 3.05) is 0 Å². The van der Waals surface area contributed by atoms with Crippen LogP contribution in [0.1, 0.15) is 11.1 Å². The molecular weight excluding hydrogens is 358 g/mol. The third-order valence-corrected chi connectivity index (χ3v) is 3.61. The minimum absolute atomic E-state index is 0.584. The van der Waals surface area contributed by atoms with E-state index in [2.05, 4.69) is 37.9 Å². The van der Waals surface area contributed by atoms with E-state index in [0.717, 1.165) is 15.6 Å². The number of nitrogens with zero attached hydrogens (tertiary/aromatic N) is 1. The molecule has 0 spiro atoms. The molecule has 0 heterocycles. The summed E-state index contributed by atoms with van der Waals surface area (Å²) < 4.78 is 6.63. The molecule has 0 radical (unpaired) electrons. The van der Waals surface area contributed by atoms with Crippen LogP contribution in [0.25, 0.3) is 0 Å². The highest BCUT2D eigenvalue weighted by molar-refractivity contribution is 9.10. The number of nitriles is 1. The van der Waals surface area contributed by atoms with Crippen molar-refractivity contribution in [3.8, 4) is 17.6 Å². The Morgan fingerprint density at radius 2 is 2.00 bits per heavy atom. The maximum Gasteiger partial charge on any atom is 0.141 e. The van der Waals surface area contributed by atoms with Crippen molar-refractivity contribution in [2.24, 2.45) is 0 Å². The fourth-order valence-corrected chi connectivity index (χ4v) is 2.32. The summed E-state index contributed by atoms with van der Waals surface area (Å²) >= 11 is 6.87. The van der Waals surface area contributed by atoms with Crippen LogP contribution in [-0.2, 0) is 5.33 Å². The molecule has 0 aromatic heterocycles. The number of hydrogen-bond acceptors (Lipinski definition) is 2. The van der Waals surface area contributed by atoms with Crippen LogP contribution in [0.5, 0.6) is 11.5 Å². The minimum atomic E-state index is 0.584. The number of alkyl halides is 1. The quantitative estimate of drug-likeness (QED) is 0.715. The average Bonchev–Trinajstić information content (AvgIpc) is 2.41. The van der Waals surface area contributed by atoms with Gasteiger partial charge in [0.15, 0.2) is 0 Å². The van der Waals surface area contributed by atoms with Gasteiger partial charge in [-0.25, -0.2) is 0 Å². The molecule has 0 saturated heterocycles. The molecule has 18 heavy (non-hydrogen) atoms. The van der Waals surface area contributed by atoms with Crippen LogP contribution >= 0.6 is 31.9 Å². The first-order chi connectivity index (χ1) is 8.72. The van der Waals surface area contributed by atoms with E-state index in [4.69, 9.17) is 10.00 Å². The van der Waals surface area contributed by atoms with Crippen LogP contribution in [0.3, 0.4) is 0 Å². The van der Waals surface area contributed by atoms with Gasteiger partial charge in [-0.15, -0.1) is 0 Å². The average molecular weight is 367 g/mol. The van der Waals surface area contributed by atoms with E-state index in [1.807, 2.05) is 24.3 Å². The van der Waals surface area contributed by atoms with E-state index in [1.165, 1.54) is 5.56 Å². The second-order valence-corrected chi connectivity index (χ2v) is 5.06. The second-order valence-electron chi connectivity index (χ2n) is 3.64. The van der Waals surface area contributed by atoms with Crippen LogP contribution in [0, 0.1) is 11.3 Å². The fourth-order valence-electron chi connectivity index (χ4n) is 1.47. The van der Waals surface area contributed by atoms with E-state index < -0.39 is 0 Å². The molecule has 0 unspecified atom stereocenters. The van der Waals surface area contributed by atoms with Crippen LogP contribution < -0.4 is 4.74 Å². The van der Waals surface area contributed by atoms with Crippen molar-refractivity contribution in [1.82, 2.24) is 0 Å². The van der Waals surface area contributed by atoms with Gasteiger partial charge >= 0.3 is 0 Å². The number of hydrogen-bond donors (Lipinski definition) is 0. The number of halogens is 2. The molecule has 2 rings (SSSR count). The van der Waals surface area contributed by atoms with Crippen molar-refractivity contribution in [3.63, 3.8) is 0 Å². The Hall–Kier alpha value is -1.31. The van der Waals surface area contributed by atoms with Gasteiger partial charge in [0.25, 0.3) is 0 Å². The van der Waals surface area contributed by atoms with Crippen LogP contribution in [0.4, 0.5) is 0 Å². The van der Waals surface area contributed by atoms with Gasteiger partial charge in [-0.05, 0) is 51.8 Å². The number of ether oxygens (including phenoxy) is 1. The number of rotatable bonds is 3. The number of benzene rings is 2. The van der Waals surface area contributed by atoms with E-state index in [-0.39, 0.29) is 0 Å². The summed E-state index contributed by atoms with van der Waals surface area (Å²) in [6, 6.07) is 15.1. The Kier molecular flexibility index (Phi) is 4.40. The zero-order chi connectivity index (χ0) is 13.0. The maximum atomic E-state index is 8.83. The zero-order valence-electron chi connectivity index (χ0n) is 9.36. The molecule has 0 saturated carbocycles. The Morgan fingerprint density at radius 1 is 1.17 bits per heavy atom. The lowest BCUT2D eigenvalue weighted by molar-refractivity contribution is 0.479. The standard InChI is InChI=1S/C14H9Br2NO/c15-8-10-4-5-14(13(16)7-10)18-12-3-1-2-11(6-12)9-17/h1-7H,8H2. The van der Waals surface area contributed by atoms with E-state index in [0.29, 0.717) is 11.3 Å². The maximum absolute atomic E-state index is 8.83. The normalized spacial score (nSPS) is 9.83. The van der Waals surface area contributed by atoms with Crippen LogP contribution in [0.15, 0.2) is 46.9 Å². The highest BCUT2D eigenvalue weighted by Gasteiger charge is 2.04. The Bertz CT molecular complexity index is 605. The summed E-state index contributed by atoms with van der Waals surface area (Å²) in [5, 5.41) is 9.63. The predicted octanol–water partition coefficient (Wildman–Crippen LogP) is 5.01. The SMILES string of the molecule is N#Cc1cccc(Oc2ccc(CBr)cc2Br)c1. The van der Waals surface area contributed by atoms with E-state index >= 15 is 0 Å². The molecule has 2 nitrogen and oxygen atoms in total. The molecular formula is C14H9Br2NO. The summed E-state index contributed by atoms with van der Waals surface area (Å²) in [6.45, 7) is 0. The smallest absolute Gasteiger partial charge is 0.141 e. The third-order valence-electron chi connectivity index (χ3n) is 2.34. The molecule has 0 amide bonds. The van der Waals surface area contributed by atoms with Crippen molar-refractivity contribution in [2.45, 2.75) is 5.33 Å². The van der Waals surface area contributed by atoms with Gasteiger partial charge in [0.1, 0.15) is 11.5 Å². The summed E-state index contributed by atoms with van der Waals surface area (Å²) in [7, 11) is 0. The van der Waals surface area contributed by atoms with Crippen molar-refractivity contribution in [3.05, 3.63) is 58.1 Å². The fraction of sp³-hybridized carbons (Fsp3) is 0.0714. The van der Waals surface area contributed by atoms with Crippen molar-refractivity contribution < 1.29 is 4.74 Å². The molecule has 0 aliphatic carbocycles. The Morgan fingerprint density at radius 3 is 2.67 bits per heavy atom. The first-order valence-electron chi connectivity index (χ1n) is 5.25. The molecule has 0 aliphatic heterocycles. The highest BCUT2D eigenvalue weighted by Crippen LogP contribution is 2.31. The zero-order valence-corrected chi connectivity index (χ0v) is 12.5. The van der Waals surface area contributed by atoms with Gasteiger partial charge in [0.05, 0.1) is 16.1 Å². The summed E-state index contributed by atoms with van der Waals surface area (Å²) in [6.07, 6.45) is 0. The summed E-state index contributed by atoms with van der Waals surface area (Å²) in [5.74, 6) is 1.39. The molecule has 0 N–H and O–H groups in total. The van der Waals surface area contributed by atoms with Crippen LogP contribution in [0.2, 0.25) is 0 Å². The minimum Gasteiger partial charge on any atom is -0.456 e. The monoisotopic (exact) mass is 365 g/mol. The first-order valence-corrected chi connectivity index (χ1v) is 7.17. The molecule has 0 fully saturated rings. The largest absolute Gasteiger partial charge is 0.456 e. The van der Waals surface area contributed by atoms with Gasteiger partial charge in [0, 0.05) is 5.33 Å². The van der Waals surface area contributed by atoms with Gasteiger partial charge < -0.3 is 4.74 Å². The molecule has 0 atom stereocenters. The Labute approximate surface area is 122 Å². The molecule has 0 bridgehead atoms. The summed E-state index contributed by atoms with van der Waals surface area (Å²) in [4.78, 5) is 0. The molecule has 4 heteroatoms. The lowest BCUT2D eigenvalue weighted by atomic mass is 10.2. The summed E-state index contributed by atoms with van der Waals surface area (Å²) in [5.41, 5.74) is 1.75. The van der Waals surface area contributed by atoms with E-state index in [1.54, 1.807) is 18.2 Å².